The number of benzene rings is 7. The number of aromatic nitrogens is 4. The van der Waals surface area contributed by atoms with Gasteiger partial charge in [-0.3, -0.25) is 9.97 Å². The highest BCUT2D eigenvalue weighted by atomic mass is 14.9. The van der Waals surface area contributed by atoms with Crippen molar-refractivity contribution in [1.29, 1.82) is 5.26 Å². The van der Waals surface area contributed by atoms with E-state index in [1.165, 1.54) is 33.0 Å². The second kappa shape index (κ2) is 12.7. The molecule has 3 heterocycles. The zero-order valence-corrected chi connectivity index (χ0v) is 30.0. The summed E-state index contributed by atoms with van der Waals surface area (Å²) in [6.45, 7) is 0. The van der Waals surface area contributed by atoms with E-state index in [0.29, 0.717) is 11.4 Å². The lowest BCUT2D eigenvalue weighted by Crippen LogP contribution is -1.97. The molecule has 10 aromatic rings. The van der Waals surface area contributed by atoms with Crippen LogP contribution in [-0.4, -0.2) is 19.9 Å². The van der Waals surface area contributed by atoms with E-state index in [4.69, 9.17) is 9.97 Å². The van der Waals surface area contributed by atoms with Crippen LogP contribution in [0.1, 0.15) is 5.56 Å². The van der Waals surface area contributed by atoms with Crippen molar-refractivity contribution in [3.05, 3.63) is 182 Å². The Morgan fingerprint density at radius 2 is 0.893 bits per heavy atom. The number of pyridine rings is 2. The minimum Gasteiger partial charge on any atom is -0.264 e. The highest BCUT2D eigenvalue weighted by Gasteiger charge is 2.25. The van der Waals surface area contributed by atoms with E-state index >= 15 is 0 Å². The summed E-state index contributed by atoms with van der Waals surface area (Å²) >= 11 is 0. The Morgan fingerprint density at radius 3 is 1.52 bits per heavy atom. The van der Waals surface area contributed by atoms with Crippen LogP contribution in [0.15, 0.2) is 176 Å². The van der Waals surface area contributed by atoms with Gasteiger partial charge in [-0.25, -0.2) is 9.97 Å². The molecule has 0 radical (unpaired) electrons. The molecule has 0 atom stereocenters. The first-order chi connectivity index (χ1) is 27.7. The number of hydrogen-bond acceptors (Lipinski definition) is 5. The van der Waals surface area contributed by atoms with Crippen LogP contribution in [0.4, 0.5) is 0 Å². The first kappa shape index (κ1) is 31.7. The summed E-state index contributed by atoms with van der Waals surface area (Å²) in [7, 11) is 0. The first-order valence-corrected chi connectivity index (χ1v) is 18.6. The number of hydrogen-bond donors (Lipinski definition) is 0. The lowest BCUT2D eigenvalue weighted by Gasteiger charge is -2.16. The molecule has 0 N–H and O–H groups in total. The Kier molecular flexibility index (Phi) is 7.16. The molecule has 0 aliphatic heterocycles. The average molecular weight is 712 g/mol. The monoisotopic (exact) mass is 711 g/mol. The predicted octanol–water partition coefficient (Wildman–Crippen LogP) is 12.6. The van der Waals surface area contributed by atoms with Gasteiger partial charge < -0.3 is 0 Å². The van der Waals surface area contributed by atoms with Crippen LogP contribution in [0.2, 0.25) is 0 Å². The highest BCUT2D eigenvalue weighted by molar-refractivity contribution is 6.22. The summed E-state index contributed by atoms with van der Waals surface area (Å²) in [5.74, 6) is 0.656. The largest absolute Gasteiger partial charge is 0.264 e. The van der Waals surface area contributed by atoms with Crippen molar-refractivity contribution in [3.8, 4) is 84.5 Å². The van der Waals surface area contributed by atoms with Crippen molar-refractivity contribution in [2.24, 2.45) is 0 Å². The van der Waals surface area contributed by atoms with Crippen molar-refractivity contribution < 1.29 is 0 Å². The molecule has 0 unspecified atom stereocenters. The van der Waals surface area contributed by atoms with Crippen molar-refractivity contribution in [2.45, 2.75) is 0 Å². The zero-order chi connectivity index (χ0) is 37.2. The van der Waals surface area contributed by atoms with E-state index in [9.17, 15) is 5.26 Å². The molecular formula is C51H29N5. The molecule has 0 saturated heterocycles. The van der Waals surface area contributed by atoms with Crippen LogP contribution in [0.5, 0.6) is 0 Å². The second-order valence-corrected chi connectivity index (χ2v) is 14.2. The maximum absolute atomic E-state index is 9.52. The summed E-state index contributed by atoms with van der Waals surface area (Å²) in [4.78, 5) is 19.2. The van der Waals surface area contributed by atoms with Gasteiger partial charge in [-0.15, -0.1) is 0 Å². The summed E-state index contributed by atoms with van der Waals surface area (Å²) in [6.07, 6.45) is 7.42. The molecule has 5 heteroatoms. The fraction of sp³-hybridized carbons (Fsp3) is 0. The second-order valence-electron chi connectivity index (χ2n) is 14.2. The third-order valence-electron chi connectivity index (χ3n) is 11.1. The summed E-state index contributed by atoms with van der Waals surface area (Å²) < 4.78 is 0. The van der Waals surface area contributed by atoms with E-state index in [1.807, 2.05) is 55.1 Å². The minimum absolute atomic E-state index is 0.647. The Balaban J connectivity index is 1.09. The van der Waals surface area contributed by atoms with E-state index in [0.717, 1.165) is 71.9 Å². The van der Waals surface area contributed by atoms with Gasteiger partial charge in [-0.2, -0.15) is 5.26 Å². The van der Waals surface area contributed by atoms with Gasteiger partial charge >= 0.3 is 0 Å². The third-order valence-corrected chi connectivity index (χ3v) is 11.1. The van der Waals surface area contributed by atoms with Crippen LogP contribution in [-0.2, 0) is 0 Å². The SMILES string of the molecule is N#Cc1ccc(-c2ccc3c4c(ccc(-c5ccc(-c6cc(-c7cccc8cnccc78)nc(-c7cccc8cnccc78)n6)cc5)c24)-c2ccccc2-3)cc1. The Hall–Kier alpha value is -7.81. The number of nitriles is 1. The molecule has 3 aromatic heterocycles. The normalized spacial score (nSPS) is 11.6. The van der Waals surface area contributed by atoms with Gasteiger partial charge in [0, 0.05) is 52.3 Å². The van der Waals surface area contributed by atoms with E-state index in [2.05, 4.69) is 137 Å². The van der Waals surface area contributed by atoms with Crippen molar-refractivity contribution in [2.75, 3.05) is 0 Å². The fourth-order valence-electron chi connectivity index (χ4n) is 8.44. The first-order valence-electron chi connectivity index (χ1n) is 18.6. The van der Waals surface area contributed by atoms with Gasteiger partial charge in [-0.1, -0.05) is 121 Å². The standard InChI is InChI=1S/C51H29N5/c52-28-31-11-13-32(14-12-31)39-19-21-44-41-7-1-2-8-42(41)45-22-20-40(49(39)50(44)45)33-15-17-34(18-16-33)47-27-48(43-9-3-5-35-29-53-25-23-37(35)43)56-51(55-47)46-10-4-6-36-30-54-26-24-38(36)46/h1-27,29-30H. The van der Waals surface area contributed by atoms with Gasteiger partial charge in [0.05, 0.1) is 23.0 Å². The van der Waals surface area contributed by atoms with Crippen LogP contribution in [0, 0.1) is 11.3 Å². The lowest BCUT2D eigenvalue weighted by atomic mass is 9.88. The lowest BCUT2D eigenvalue weighted by molar-refractivity contribution is 1.19. The maximum Gasteiger partial charge on any atom is 0.161 e. The van der Waals surface area contributed by atoms with E-state index in [-0.39, 0.29) is 0 Å². The quantitative estimate of drug-likeness (QED) is 0.178. The van der Waals surface area contributed by atoms with E-state index < -0.39 is 0 Å². The number of fused-ring (bicyclic) bond motifs is 5. The zero-order valence-electron chi connectivity index (χ0n) is 30.0. The van der Waals surface area contributed by atoms with Crippen LogP contribution in [0.3, 0.4) is 0 Å². The van der Waals surface area contributed by atoms with Crippen molar-refractivity contribution >= 4 is 32.3 Å². The van der Waals surface area contributed by atoms with Gasteiger partial charge in [0.1, 0.15) is 0 Å². The van der Waals surface area contributed by atoms with Crippen LogP contribution < -0.4 is 0 Å². The van der Waals surface area contributed by atoms with Crippen LogP contribution in [0.25, 0.3) is 111 Å². The summed E-state index contributed by atoms with van der Waals surface area (Å²) in [5.41, 5.74) is 14.8. The van der Waals surface area contributed by atoms with Crippen molar-refractivity contribution in [1.82, 2.24) is 19.9 Å². The molecular weight excluding hydrogens is 683 g/mol. The number of rotatable bonds is 5. The summed E-state index contributed by atoms with van der Waals surface area (Å²) in [5, 5.41) is 16.2. The van der Waals surface area contributed by atoms with Crippen LogP contribution >= 0.6 is 0 Å². The molecule has 5 nitrogen and oxygen atoms in total. The molecule has 0 fully saturated rings. The summed E-state index contributed by atoms with van der Waals surface area (Å²) in [6, 6.07) is 55.2. The Morgan fingerprint density at radius 1 is 0.393 bits per heavy atom. The Bertz CT molecular complexity index is 3110. The maximum atomic E-state index is 9.52. The topological polar surface area (TPSA) is 75.3 Å². The molecule has 11 rings (SSSR count). The molecule has 1 aliphatic carbocycles. The minimum atomic E-state index is 0.647. The van der Waals surface area contributed by atoms with Gasteiger partial charge in [0.15, 0.2) is 5.82 Å². The highest BCUT2D eigenvalue weighted by Crippen LogP contribution is 2.52. The van der Waals surface area contributed by atoms with Crippen molar-refractivity contribution in [3.63, 3.8) is 0 Å². The van der Waals surface area contributed by atoms with E-state index in [1.54, 1.807) is 0 Å². The molecule has 56 heavy (non-hydrogen) atoms. The molecule has 7 aromatic carbocycles. The van der Waals surface area contributed by atoms with Gasteiger partial charge in [0.2, 0.25) is 0 Å². The molecule has 0 spiro atoms. The molecule has 0 amide bonds. The van der Waals surface area contributed by atoms with Gasteiger partial charge in [-0.05, 0) is 96.4 Å². The molecule has 1 aliphatic rings. The molecule has 0 saturated carbocycles. The molecule has 0 bridgehead atoms. The molecule has 258 valence electrons. The average Bonchev–Trinajstić information content (AvgIpc) is 3.60. The third kappa shape index (κ3) is 5.01. The fourth-order valence-corrected chi connectivity index (χ4v) is 8.44. The Labute approximate surface area is 322 Å². The predicted molar refractivity (Wildman–Crippen MR) is 226 cm³/mol. The number of nitrogens with zero attached hydrogens (tertiary/aromatic N) is 5. The van der Waals surface area contributed by atoms with Gasteiger partial charge in [0.25, 0.3) is 0 Å². The smallest absolute Gasteiger partial charge is 0.161 e.